The van der Waals surface area contributed by atoms with Gasteiger partial charge in [0.25, 0.3) is 0 Å². The molecule has 0 unspecified atom stereocenters. The average molecular weight is 333 g/mol. The van der Waals surface area contributed by atoms with Gasteiger partial charge in [0.1, 0.15) is 0 Å². The van der Waals surface area contributed by atoms with Gasteiger partial charge in [0.15, 0.2) is 0 Å². The predicted octanol–water partition coefficient (Wildman–Crippen LogP) is 3.31. The number of benzene rings is 1. The highest BCUT2D eigenvalue weighted by molar-refractivity contribution is 5.92. The molecule has 1 saturated heterocycles. The summed E-state index contributed by atoms with van der Waals surface area (Å²) in [6.45, 7) is 7.38. The van der Waals surface area contributed by atoms with E-state index in [9.17, 15) is 9.59 Å². The molecule has 2 amide bonds. The molecule has 1 aliphatic rings. The maximum absolute atomic E-state index is 11.7. The summed E-state index contributed by atoms with van der Waals surface area (Å²) >= 11 is 0. The molecule has 2 rings (SSSR count). The van der Waals surface area contributed by atoms with E-state index in [2.05, 4.69) is 10.6 Å². The predicted molar refractivity (Wildman–Crippen MR) is 95.1 cm³/mol. The number of hydrogen-bond donors (Lipinski definition) is 2. The summed E-state index contributed by atoms with van der Waals surface area (Å²) in [5.41, 5.74) is 1.82. The van der Waals surface area contributed by atoms with Crippen molar-refractivity contribution in [1.29, 1.82) is 0 Å². The van der Waals surface area contributed by atoms with Crippen molar-refractivity contribution in [2.75, 3.05) is 30.3 Å². The van der Waals surface area contributed by atoms with Crippen molar-refractivity contribution < 1.29 is 14.3 Å². The summed E-state index contributed by atoms with van der Waals surface area (Å²) in [5, 5.41) is 6.36. The molecule has 0 spiro atoms. The highest BCUT2D eigenvalue weighted by Gasteiger charge is 2.23. The van der Waals surface area contributed by atoms with Crippen LogP contribution in [0.3, 0.4) is 0 Å². The molecule has 6 heteroatoms. The molecule has 6 nitrogen and oxygen atoms in total. The van der Waals surface area contributed by atoms with Crippen LogP contribution in [0.1, 0.15) is 33.6 Å². The minimum atomic E-state index is -0.221. The number of nitrogens with one attached hydrogen (secondary N) is 2. The number of ether oxygens (including phenoxy) is 1. The zero-order chi connectivity index (χ0) is 17.5. The fraction of sp³-hybridized carbons (Fsp3) is 0.556. The van der Waals surface area contributed by atoms with Gasteiger partial charge in [0.05, 0.1) is 6.61 Å². The Labute approximate surface area is 143 Å². The monoisotopic (exact) mass is 333 g/mol. The summed E-state index contributed by atoms with van der Waals surface area (Å²) in [7, 11) is 0. The number of carbonyl (C=O) groups excluding carboxylic acids is 2. The maximum Gasteiger partial charge on any atom is 0.409 e. The van der Waals surface area contributed by atoms with Gasteiger partial charge in [-0.25, -0.2) is 4.79 Å². The van der Waals surface area contributed by atoms with E-state index in [1.165, 1.54) is 0 Å². The minimum Gasteiger partial charge on any atom is -0.450 e. The van der Waals surface area contributed by atoms with Gasteiger partial charge in [0.2, 0.25) is 5.91 Å². The van der Waals surface area contributed by atoms with Crippen LogP contribution in [-0.4, -0.2) is 42.6 Å². The second-order valence-corrected chi connectivity index (χ2v) is 6.33. The zero-order valence-electron chi connectivity index (χ0n) is 14.7. The number of likely N-dealkylation sites (tertiary alicyclic amines) is 1. The number of piperidine rings is 1. The lowest BCUT2D eigenvalue weighted by atomic mass is 10.0. The van der Waals surface area contributed by atoms with E-state index < -0.39 is 0 Å². The van der Waals surface area contributed by atoms with Gasteiger partial charge in [-0.1, -0.05) is 13.8 Å². The van der Waals surface area contributed by atoms with Crippen LogP contribution in [0.2, 0.25) is 0 Å². The van der Waals surface area contributed by atoms with Crippen molar-refractivity contribution >= 4 is 23.4 Å². The first kappa shape index (κ1) is 18.1. The summed E-state index contributed by atoms with van der Waals surface area (Å²) in [6, 6.07) is 8.07. The Morgan fingerprint density at radius 3 is 2.29 bits per heavy atom. The molecule has 132 valence electrons. The van der Waals surface area contributed by atoms with Gasteiger partial charge in [-0.2, -0.15) is 0 Å². The molecule has 1 fully saturated rings. The van der Waals surface area contributed by atoms with Crippen LogP contribution in [0, 0.1) is 5.92 Å². The lowest BCUT2D eigenvalue weighted by molar-refractivity contribution is -0.118. The van der Waals surface area contributed by atoms with E-state index in [4.69, 9.17) is 4.74 Å². The van der Waals surface area contributed by atoms with Crippen LogP contribution in [0.5, 0.6) is 0 Å². The van der Waals surface area contributed by atoms with Crippen LogP contribution < -0.4 is 10.6 Å². The topological polar surface area (TPSA) is 70.7 Å². The zero-order valence-corrected chi connectivity index (χ0v) is 14.7. The summed E-state index contributed by atoms with van der Waals surface area (Å²) < 4.78 is 5.03. The van der Waals surface area contributed by atoms with Crippen LogP contribution in [-0.2, 0) is 9.53 Å². The Hall–Kier alpha value is -2.24. The third kappa shape index (κ3) is 5.15. The van der Waals surface area contributed by atoms with Crippen molar-refractivity contribution in [2.24, 2.45) is 5.92 Å². The maximum atomic E-state index is 11.7. The van der Waals surface area contributed by atoms with E-state index >= 15 is 0 Å². The molecule has 0 radical (unpaired) electrons. The molecule has 1 aromatic carbocycles. The SMILES string of the molecule is CCOC(=O)N1CCC(Nc2ccc(NC(=O)C(C)C)cc2)CC1. The first-order chi connectivity index (χ1) is 11.5. The molecule has 0 atom stereocenters. The Balaban J connectivity index is 1.80. The van der Waals surface area contributed by atoms with Gasteiger partial charge in [-0.05, 0) is 44.0 Å². The molecule has 1 heterocycles. The van der Waals surface area contributed by atoms with Crippen molar-refractivity contribution in [1.82, 2.24) is 4.90 Å². The van der Waals surface area contributed by atoms with E-state index in [1.807, 2.05) is 45.0 Å². The second-order valence-electron chi connectivity index (χ2n) is 6.33. The van der Waals surface area contributed by atoms with E-state index in [0.29, 0.717) is 25.7 Å². The minimum absolute atomic E-state index is 0.0158. The number of carbonyl (C=O) groups is 2. The molecule has 0 bridgehead atoms. The Morgan fingerprint density at radius 1 is 1.17 bits per heavy atom. The van der Waals surface area contributed by atoms with Crippen LogP contribution >= 0.6 is 0 Å². The van der Waals surface area contributed by atoms with Crippen molar-refractivity contribution in [3.8, 4) is 0 Å². The second kappa shape index (κ2) is 8.57. The van der Waals surface area contributed by atoms with Gasteiger partial charge in [0, 0.05) is 36.4 Å². The number of rotatable bonds is 5. The number of anilines is 2. The Morgan fingerprint density at radius 2 is 1.75 bits per heavy atom. The lowest BCUT2D eigenvalue weighted by Gasteiger charge is -2.32. The molecule has 1 aliphatic heterocycles. The van der Waals surface area contributed by atoms with Crippen molar-refractivity contribution in [3.63, 3.8) is 0 Å². The third-order valence-corrected chi connectivity index (χ3v) is 4.07. The summed E-state index contributed by atoms with van der Waals surface area (Å²) in [4.78, 5) is 25.1. The van der Waals surface area contributed by atoms with Crippen molar-refractivity contribution in [3.05, 3.63) is 24.3 Å². The summed E-state index contributed by atoms with van der Waals surface area (Å²) in [5.74, 6) is -0.0190. The molecule has 0 aromatic heterocycles. The molecular formula is C18H27N3O3. The number of amides is 2. The van der Waals surface area contributed by atoms with E-state index in [0.717, 1.165) is 24.2 Å². The molecule has 0 saturated carbocycles. The fourth-order valence-corrected chi connectivity index (χ4v) is 2.59. The standard InChI is InChI=1S/C18H27N3O3/c1-4-24-18(23)21-11-9-16(10-12-21)19-14-5-7-15(8-6-14)20-17(22)13(2)3/h5-8,13,16,19H,4,9-12H2,1-3H3,(H,20,22). The molecule has 24 heavy (non-hydrogen) atoms. The van der Waals surface area contributed by atoms with Gasteiger partial charge >= 0.3 is 6.09 Å². The highest BCUT2D eigenvalue weighted by atomic mass is 16.6. The molecule has 1 aromatic rings. The first-order valence-electron chi connectivity index (χ1n) is 8.58. The third-order valence-electron chi connectivity index (χ3n) is 4.07. The first-order valence-corrected chi connectivity index (χ1v) is 8.58. The van der Waals surface area contributed by atoms with Crippen LogP contribution in [0.15, 0.2) is 24.3 Å². The van der Waals surface area contributed by atoms with Crippen molar-refractivity contribution in [2.45, 2.75) is 39.7 Å². The van der Waals surface area contributed by atoms with Crippen LogP contribution in [0.4, 0.5) is 16.2 Å². The molecule has 0 aliphatic carbocycles. The van der Waals surface area contributed by atoms with E-state index in [-0.39, 0.29) is 17.9 Å². The highest BCUT2D eigenvalue weighted by Crippen LogP contribution is 2.19. The van der Waals surface area contributed by atoms with Gasteiger partial charge < -0.3 is 20.3 Å². The van der Waals surface area contributed by atoms with E-state index in [1.54, 1.807) is 4.90 Å². The number of hydrogen-bond acceptors (Lipinski definition) is 4. The largest absolute Gasteiger partial charge is 0.450 e. The molecular weight excluding hydrogens is 306 g/mol. The van der Waals surface area contributed by atoms with Gasteiger partial charge in [-0.3, -0.25) is 4.79 Å². The van der Waals surface area contributed by atoms with Crippen LogP contribution in [0.25, 0.3) is 0 Å². The molecule has 2 N–H and O–H groups in total. The number of nitrogens with zero attached hydrogens (tertiary/aromatic N) is 1. The Bertz CT molecular complexity index is 549. The Kier molecular flexibility index (Phi) is 6.46. The fourth-order valence-electron chi connectivity index (χ4n) is 2.59. The smallest absolute Gasteiger partial charge is 0.409 e. The normalized spacial score (nSPS) is 15.2. The van der Waals surface area contributed by atoms with Gasteiger partial charge in [-0.15, -0.1) is 0 Å². The lowest BCUT2D eigenvalue weighted by Crippen LogP contribution is -2.42. The summed E-state index contributed by atoms with van der Waals surface area (Å²) in [6.07, 6.45) is 1.57. The average Bonchev–Trinajstić information content (AvgIpc) is 2.57. The quantitative estimate of drug-likeness (QED) is 0.867.